The molecule has 2 N–H and O–H groups in total. The number of carbonyl (C=O) groups excluding carboxylic acids is 2. The van der Waals surface area contributed by atoms with Crippen molar-refractivity contribution in [3.05, 3.63) is 88.7 Å². The summed E-state index contributed by atoms with van der Waals surface area (Å²) >= 11 is 5.93. The number of rotatable bonds is 6. The fourth-order valence-corrected chi connectivity index (χ4v) is 5.30. The Morgan fingerprint density at radius 1 is 1.11 bits per heavy atom. The van der Waals surface area contributed by atoms with Gasteiger partial charge in [0.2, 0.25) is 11.7 Å². The number of carbonyl (C=O) groups is 2. The second-order valence-electron chi connectivity index (χ2n) is 7.76. The van der Waals surface area contributed by atoms with Gasteiger partial charge in [-0.15, -0.1) is 12.4 Å². The number of amides is 1. The van der Waals surface area contributed by atoms with Crippen LogP contribution in [0.5, 0.6) is 5.75 Å². The van der Waals surface area contributed by atoms with Crippen LogP contribution in [0.3, 0.4) is 0 Å². The summed E-state index contributed by atoms with van der Waals surface area (Å²) in [6.45, 7) is -0.525. The van der Waals surface area contributed by atoms with Gasteiger partial charge in [0.25, 0.3) is 0 Å². The van der Waals surface area contributed by atoms with Gasteiger partial charge in [-0.2, -0.15) is 0 Å². The molecule has 3 aromatic rings. The van der Waals surface area contributed by atoms with Gasteiger partial charge >= 0.3 is 0 Å². The zero-order valence-electron chi connectivity index (χ0n) is 18.2. The summed E-state index contributed by atoms with van der Waals surface area (Å²) in [7, 11) is -4.10. The number of halogens is 3. The number of fused-ring (bicyclic) bond motifs is 1. The predicted molar refractivity (Wildman–Crippen MR) is 133 cm³/mol. The highest BCUT2D eigenvalue weighted by Crippen LogP contribution is 2.34. The number of nitrogens with two attached hydrogens (primary N) is 1. The summed E-state index contributed by atoms with van der Waals surface area (Å²) in [5.41, 5.74) is 6.01. The van der Waals surface area contributed by atoms with Gasteiger partial charge in [0, 0.05) is 5.02 Å². The Morgan fingerprint density at radius 3 is 2.43 bits per heavy atom. The molecule has 0 bridgehead atoms. The fourth-order valence-electron chi connectivity index (χ4n) is 3.61. The van der Waals surface area contributed by atoms with E-state index in [4.69, 9.17) is 22.1 Å². The maximum absolute atomic E-state index is 14.9. The van der Waals surface area contributed by atoms with Crippen LogP contribution in [-0.4, -0.2) is 38.5 Å². The molecule has 1 aliphatic rings. The van der Waals surface area contributed by atoms with Crippen molar-refractivity contribution >= 4 is 51.2 Å². The van der Waals surface area contributed by atoms with E-state index in [9.17, 15) is 22.4 Å². The minimum Gasteiger partial charge on any atom is -0.485 e. The van der Waals surface area contributed by atoms with E-state index in [1.165, 1.54) is 0 Å². The summed E-state index contributed by atoms with van der Waals surface area (Å²) in [5.74, 6) is -2.67. The predicted octanol–water partition coefficient (Wildman–Crippen LogP) is 3.81. The number of ketones is 1. The van der Waals surface area contributed by atoms with E-state index in [1.54, 1.807) is 54.6 Å². The Kier molecular flexibility index (Phi) is 8.17. The zero-order chi connectivity index (χ0) is 24.5. The van der Waals surface area contributed by atoms with Gasteiger partial charge in [-0.1, -0.05) is 41.9 Å². The van der Waals surface area contributed by atoms with Crippen molar-refractivity contribution < 1.29 is 27.1 Å². The van der Waals surface area contributed by atoms with Crippen molar-refractivity contribution in [2.75, 3.05) is 17.3 Å². The van der Waals surface area contributed by atoms with Crippen LogP contribution in [0.15, 0.2) is 71.6 Å². The highest BCUT2D eigenvalue weighted by molar-refractivity contribution is 7.91. The lowest BCUT2D eigenvalue weighted by Gasteiger charge is -2.25. The molecule has 11 heteroatoms. The SMILES string of the molecule is Cl.N[C@H]1CS(=O)(=O)c2cc(F)c(C(=O)COc3ccccc3)cc2N(Cc2ccc(Cl)cc2)C1=O. The Bertz CT molecular complexity index is 1350. The second kappa shape index (κ2) is 10.7. The van der Waals surface area contributed by atoms with E-state index >= 15 is 0 Å². The number of anilines is 1. The summed E-state index contributed by atoms with van der Waals surface area (Å²) in [6.07, 6.45) is 0. The average Bonchev–Trinajstić information content (AvgIpc) is 2.87. The molecule has 1 aliphatic heterocycles. The smallest absolute Gasteiger partial charge is 0.245 e. The molecule has 184 valence electrons. The van der Waals surface area contributed by atoms with Crippen LogP contribution in [0, 0.1) is 5.82 Å². The van der Waals surface area contributed by atoms with E-state index in [0.717, 1.165) is 17.0 Å². The van der Waals surface area contributed by atoms with Crippen LogP contribution >= 0.6 is 24.0 Å². The largest absolute Gasteiger partial charge is 0.485 e. The number of hydrogen-bond acceptors (Lipinski definition) is 6. The third kappa shape index (κ3) is 5.82. The maximum Gasteiger partial charge on any atom is 0.245 e. The lowest BCUT2D eigenvalue weighted by Crippen LogP contribution is -2.45. The summed E-state index contributed by atoms with van der Waals surface area (Å²) < 4.78 is 46.1. The Labute approximate surface area is 213 Å². The zero-order valence-corrected chi connectivity index (χ0v) is 20.6. The van der Waals surface area contributed by atoms with E-state index in [2.05, 4.69) is 0 Å². The molecule has 4 rings (SSSR count). The molecule has 1 amide bonds. The van der Waals surface area contributed by atoms with Crippen molar-refractivity contribution in [1.29, 1.82) is 0 Å². The normalized spacial score (nSPS) is 16.6. The van der Waals surface area contributed by atoms with Crippen molar-refractivity contribution in [3.8, 4) is 5.75 Å². The summed E-state index contributed by atoms with van der Waals surface area (Å²) in [4.78, 5) is 26.6. The first kappa shape index (κ1) is 26.6. The van der Waals surface area contributed by atoms with Crippen molar-refractivity contribution in [2.45, 2.75) is 17.5 Å². The molecule has 0 radical (unpaired) electrons. The number of para-hydroxylation sites is 1. The number of benzene rings is 3. The first-order chi connectivity index (χ1) is 16.2. The van der Waals surface area contributed by atoms with Gasteiger partial charge in [0.05, 0.1) is 34.5 Å². The molecule has 0 spiro atoms. The molecular formula is C24H21Cl2FN2O5S. The first-order valence-electron chi connectivity index (χ1n) is 10.2. The van der Waals surface area contributed by atoms with Crippen LogP contribution in [0.25, 0.3) is 0 Å². The number of hydrogen-bond donors (Lipinski definition) is 1. The third-order valence-electron chi connectivity index (χ3n) is 5.32. The van der Waals surface area contributed by atoms with Crippen LogP contribution in [-0.2, 0) is 21.2 Å². The number of nitrogens with zero attached hydrogens (tertiary/aromatic N) is 1. The van der Waals surface area contributed by atoms with Gasteiger partial charge in [-0.3, -0.25) is 9.59 Å². The van der Waals surface area contributed by atoms with E-state index in [1.807, 2.05) is 0 Å². The van der Waals surface area contributed by atoms with Gasteiger partial charge in [-0.25, -0.2) is 12.8 Å². The molecule has 3 aromatic carbocycles. The maximum atomic E-state index is 14.9. The third-order valence-corrected chi connectivity index (χ3v) is 7.37. The van der Waals surface area contributed by atoms with Gasteiger partial charge in [0.1, 0.15) is 11.6 Å². The topological polar surface area (TPSA) is 107 Å². The number of ether oxygens (including phenoxy) is 1. The quantitative estimate of drug-likeness (QED) is 0.478. The molecule has 0 saturated carbocycles. The minimum atomic E-state index is -4.10. The van der Waals surface area contributed by atoms with Crippen LogP contribution in [0.1, 0.15) is 15.9 Å². The van der Waals surface area contributed by atoms with Crippen molar-refractivity contribution in [2.24, 2.45) is 5.73 Å². The number of Topliss-reactive ketones (excluding diaryl/α,β-unsaturated/α-hetero) is 1. The lowest BCUT2D eigenvalue weighted by atomic mass is 10.1. The minimum absolute atomic E-state index is 0. The second-order valence-corrected chi connectivity index (χ2v) is 10.2. The monoisotopic (exact) mass is 538 g/mol. The summed E-state index contributed by atoms with van der Waals surface area (Å²) in [6, 6.07) is 15.6. The Morgan fingerprint density at radius 2 is 1.77 bits per heavy atom. The lowest BCUT2D eigenvalue weighted by molar-refractivity contribution is -0.119. The first-order valence-corrected chi connectivity index (χ1v) is 12.3. The van der Waals surface area contributed by atoms with Crippen LogP contribution < -0.4 is 15.4 Å². The van der Waals surface area contributed by atoms with Gasteiger partial charge < -0.3 is 15.4 Å². The standard InChI is InChI=1S/C24H20ClFN2O5S.ClH/c25-16-8-6-15(7-9-16)12-28-21-10-18(22(29)13-33-17-4-2-1-3-5-17)19(26)11-23(21)34(31,32)14-20(27)24(28)30;/h1-11,20H,12-14,27H2;1H/t20-;/m0./s1. The fraction of sp³-hybridized carbons (Fsp3) is 0.167. The molecule has 7 nitrogen and oxygen atoms in total. The van der Waals surface area contributed by atoms with Gasteiger partial charge in [-0.05, 0) is 42.0 Å². The highest BCUT2D eigenvalue weighted by Gasteiger charge is 2.37. The van der Waals surface area contributed by atoms with E-state index in [-0.39, 0.29) is 24.6 Å². The Balaban J connectivity index is 0.00000342. The molecule has 0 fully saturated rings. The highest BCUT2D eigenvalue weighted by atomic mass is 35.5. The van der Waals surface area contributed by atoms with E-state index < -0.39 is 56.2 Å². The molecule has 1 heterocycles. The molecule has 0 saturated heterocycles. The van der Waals surface area contributed by atoms with Crippen LogP contribution in [0.4, 0.5) is 10.1 Å². The average molecular weight is 539 g/mol. The molecule has 0 aliphatic carbocycles. The molecule has 1 atom stereocenters. The van der Waals surface area contributed by atoms with Crippen LogP contribution in [0.2, 0.25) is 5.02 Å². The van der Waals surface area contributed by atoms with E-state index in [0.29, 0.717) is 16.3 Å². The summed E-state index contributed by atoms with van der Waals surface area (Å²) in [5, 5.41) is 0.485. The number of sulfone groups is 1. The van der Waals surface area contributed by atoms with Crippen molar-refractivity contribution in [3.63, 3.8) is 0 Å². The van der Waals surface area contributed by atoms with Gasteiger partial charge in [0.15, 0.2) is 16.4 Å². The molecule has 0 aromatic heterocycles. The van der Waals surface area contributed by atoms with Crippen molar-refractivity contribution in [1.82, 2.24) is 0 Å². The Hall–Kier alpha value is -2.98. The molecule has 35 heavy (non-hydrogen) atoms. The molecule has 0 unspecified atom stereocenters. The molecular weight excluding hydrogens is 518 g/mol.